The Balaban J connectivity index is 1.41. The average Bonchev–Trinajstić information content (AvgIpc) is 3.28. The number of nitrogens with one attached hydrogen (secondary N) is 1. The maximum absolute atomic E-state index is 12.1. The number of piperazine rings is 1. The van der Waals surface area contributed by atoms with E-state index in [0.29, 0.717) is 5.91 Å². The molecule has 0 spiro atoms. The second kappa shape index (κ2) is 5.57. The van der Waals surface area contributed by atoms with Crippen molar-refractivity contribution in [3.8, 4) is 0 Å². The molecule has 0 aromatic rings. The van der Waals surface area contributed by atoms with Crippen LogP contribution in [0, 0.1) is 5.92 Å². The Morgan fingerprint density at radius 2 is 1.89 bits per heavy atom. The Hall–Kier alpha value is -0.610. The molecule has 1 saturated heterocycles. The lowest BCUT2D eigenvalue weighted by Gasteiger charge is -2.29. The van der Waals surface area contributed by atoms with Crippen molar-refractivity contribution < 1.29 is 4.79 Å². The maximum atomic E-state index is 12.1. The molecule has 3 fully saturated rings. The second-order valence-electron chi connectivity index (χ2n) is 6.05. The fourth-order valence-corrected chi connectivity index (χ4v) is 2.81. The first-order chi connectivity index (χ1) is 8.83. The summed E-state index contributed by atoms with van der Waals surface area (Å²) in [4.78, 5) is 16.7. The van der Waals surface area contributed by atoms with Crippen LogP contribution in [0.1, 0.15) is 32.1 Å². The van der Waals surface area contributed by atoms with Gasteiger partial charge in [-0.2, -0.15) is 0 Å². The van der Waals surface area contributed by atoms with Gasteiger partial charge in [0.1, 0.15) is 0 Å². The fraction of sp³-hybridized carbons (Fsp3) is 0.929. The van der Waals surface area contributed by atoms with Crippen molar-refractivity contribution in [2.45, 2.75) is 38.1 Å². The summed E-state index contributed by atoms with van der Waals surface area (Å²) in [5, 5.41) is 3.29. The van der Waals surface area contributed by atoms with Crippen LogP contribution >= 0.6 is 0 Å². The van der Waals surface area contributed by atoms with Gasteiger partial charge in [-0.25, -0.2) is 0 Å². The van der Waals surface area contributed by atoms with Gasteiger partial charge in [0.25, 0.3) is 0 Å². The Labute approximate surface area is 110 Å². The van der Waals surface area contributed by atoms with E-state index < -0.39 is 0 Å². The molecule has 3 aliphatic rings. The zero-order valence-electron chi connectivity index (χ0n) is 11.2. The summed E-state index contributed by atoms with van der Waals surface area (Å²) in [5.41, 5.74) is 0. The smallest absolute Gasteiger partial charge is 0.223 e. The molecule has 0 unspecified atom stereocenters. The molecule has 102 valence electrons. The predicted molar refractivity (Wildman–Crippen MR) is 71.4 cm³/mol. The van der Waals surface area contributed by atoms with E-state index in [1.54, 1.807) is 0 Å². The summed E-state index contributed by atoms with van der Waals surface area (Å²) >= 11 is 0. The lowest BCUT2D eigenvalue weighted by Crippen LogP contribution is -2.47. The predicted octanol–water partition coefficient (Wildman–Crippen LogP) is 0.683. The summed E-state index contributed by atoms with van der Waals surface area (Å²) in [7, 11) is 0. The molecule has 0 bridgehead atoms. The van der Waals surface area contributed by atoms with Crippen LogP contribution in [0.25, 0.3) is 0 Å². The minimum absolute atomic E-state index is 0.359. The average molecular weight is 251 g/mol. The molecule has 0 atom stereocenters. The van der Waals surface area contributed by atoms with Gasteiger partial charge < -0.3 is 10.2 Å². The molecule has 4 nitrogen and oxygen atoms in total. The summed E-state index contributed by atoms with van der Waals surface area (Å²) < 4.78 is 0. The van der Waals surface area contributed by atoms with Crippen LogP contribution in [-0.2, 0) is 4.79 Å². The zero-order chi connectivity index (χ0) is 12.4. The van der Waals surface area contributed by atoms with E-state index in [1.807, 2.05) is 4.90 Å². The molecule has 2 saturated carbocycles. The van der Waals surface area contributed by atoms with E-state index in [4.69, 9.17) is 0 Å². The molecule has 18 heavy (non-hydrogen) atoms. The first kappa shape index (κ1) is 12.4. The zero-order valence-corrected chi connectivity index (χ0v) is 11.2. The largest absolute Gasteiger partial charge is 0.340 e. The number of carbonyl (C=O) groups is 1. The molecule has 1 N–H and O–H groups in total. The van der Waals surface area contributed by atoms with Crippen LogP contribution in [0.2, 0.25) is 0 Å². The molecule has 1 aliphatic heterocycles. The normalized spacial score (nSPS) is 24.6. The van der Waals surface area contributed by atoms with E-state index >= 15 is 0 Å². The van der Waals surface area contributed by atoms with E-state index in [2.05, 4.69) is 10.2 Å². The number of hydrogen-bond donors (Lipinski definition) is 1. The fourth-order valence-electron chi connectivity index (χ4n) is 2.81. The molecule has 0 radical (unpaired) electrons. The Morgan fingerprint density at radius 3 is 2.50 bits per heavy atom. The highest BCUT2D eigenvalue weighted by Gasteiger charge is 2.33. The maximum Gasteiger partial charge on any atom is 0.223 e. The third-order valence-electron chi connectivity index (χ3n) is 4.34. The monoisotopic (exact) mass is 251 g/mol. The molecule has 4 heteroatoms. The SMILES string of the molecule is O=C(CCN(CC1CC1)C1CC1)N1CCNCC1. The minimum atomic E-state index is 0.359. The second-order valence-corrected chi connectivity index (χ2v) is 6.05. The van der Waals surface area contributed by atoms with Crippen molar-refractivity contribution in [1.82, 2.24) is 15.1 Å². The van der Waals surface area contributed by atoms with Gasteiger partial charge in [-0.3, -0.25) is 9.69 Å². The number of rotatable bonds is 6. The Morgan fingerprint density at radius 1 is 1.17 bits per heavy atom. The lowest BCUT2D eigenvalue weighted by molar-refractivity contribution is -0.132. The third kappa shape index (κ3) is 3.45. The van der Waals surface area contributed by atoms with Crippen molar-refractivity contribution in [3.05, 3.63) is 0 Å². The Kier molecular flexibility index (Phi) is 3.85. The van der Waals surface area contributed by atoms with E-state index in [-0.39, 0.29) is 0 Å². The topological polar surface area (TPSA) is 35.6 Å². The van der Waals surface area contributed by atoms with E-state index in [0.717, 1.165) is 51.1 Å². The highest BCUT2D eigenvalue weighted by atomic mass is 16.2. The molecule has 1 amide bonds. The van der Waals surface area contributed by atoms with Gasteiger partial charge in [0.15, 0.2) is 0 Å². The molecular weight excluding hydrogens is 226 g/mol. The molecule has 0 aromatic carbocycles. The standard InChI is InChI=1S/C14H25N3O/c18-14(16-9-6-15-7-10-16)5-8-17(13-3-4-13)11-12-1-2-12/h12-13,15H,1-11H2. The lowest BCUT2D eigenvalue weighted by atomic mass is 10.2. The molecule has 2 aliphatic carbocycles. The van der Waals surface area contributed by atoms with Gasteiger partial charge in [0, 0.05) is 51.7 Å². The number of carbonyl (C=O) groups excluding carboxylic acids is 1. The van der Waals surface area contributed by atoms with E-state index in [1.165, 1.54) is 32.2 Å². The first-order valence-electron chi connectivity index (χ1n) is 7.55. The number of hydrogen-bond acceptors (Lipinski definition) is 3. The van der Waals surface area contributed by atoms with Crippen molar-refractivity contribution >= 4 is 5.91 Å². The van der Waals surface area contributed by atoms with Crippen LogP contribution in [0.15, 0.2) is 0 Å². The molecule has 0 aromatic heterocycles. The van der Waals surface area contributed by atoms with Gasteiger partial charge in [-0.05, 0) is 31.6 Å². The summed E-state index contributed by atoms with van der Waals surface area (Å²) in [6.07, 6.45) is 6.26. The molecular formula is C14H25N3O. The summed E-state index contributed by atoms with van der Waals surface area (Å²) in [6.45, 7) is 5.94. The van der Waals surface area contributed by atoms with Crippen LogP contribution in [0.3, 0.4) is 0 Å². The summed E-state index contributed by atoms with van der Waals surface area (Å²) in [6, 6.07) is 0.807. The molecule has 1 heterocycles. The highest BCUT2D eigenvalue weighted by molar-refractivity contribution is 5.76. The first-order valence-corrected chi connectivity index (χ1v) is 7.55. The molecule has 3 rings (SSSR count). The quantitative estimate of drug-likeness (QED) is 0.754. The van der Waals surface area contributed by atoms with Crippen LogP contribution in [0.4, 0.5) is 0 Å². The van der Waals surface area contributed by atoms with Gasteiger partial charge in [-0.1, -0.05) is 0 Å². The van der Waals surface area contributed by atoms with E-state index in [9.17, 15) is 4.79 Å². The van der Waals surface area contributed by atoms with Crippen LogP contribution in [0.5, 0.6) is 0 Å². The van der Waals surface area contributed by atoms with Crippen molar-refractivity contribution in [2.75, 3.05) is 39.3 Å². The highest BCUT2D eigenvalue weighted by Crippen LogP contribution is 2.34. The van der Waals surface area contributed by atoms with Crippen molar-refractivity contribution in [3.63, 3.8) is 0 Å². The van der Waals surface area contributed by atoms with Crippen LogP contribution < -0.4 is 5.32 Å². The van der Waals surface area contributed by atoms with Crippen molar-refractivity contribution in [1.29, 1.82) is 0 Å². The van der Waals surface area contributed by atoms with Crippen LogP contribution in [-0.4, -0.2) is 61.0 Å². The minimum Gasteiger partial charge on any atom is -0.340 e. The van der Waals surface area contributed by atoms with Gasteiger partial charge in [0.2, 0.25) is 5.91 Å². The summed E-state index contributed by atoms with van der Waals surface area (Å²) in [5.74, 6) is 1.30. The van der Waals surface area contributed by atoms with Gasteiger partial charge in [0.05, 0.1) is 0 Å². The Bertz CT molecular complexity index is 293. The van der Waals surface area contributed by atoms with Gasteiger partial charge >= 0.3 is 0 Å². The number of nitrogens with zero attached hydrogens (tertiary/aromatic N) is 2. The van der Waals surface area contributed by atoms with Gasteiger partial charge in [-0.15, -0.1) is 0 Å². The number of amides is 1. The third-order valence-corrected chi connectivity index (χ3v) is 4.34. The van der Waals surface area contributed by atoms with Crippen molar-refractivity contribution in [2.24, 2.45) is 5.92 Å².